The minimum absolute atomic E-state index is 0.104. The number of methoxy groups -OCH3 is 1. The molecule has 1 fully saturated rings. The van der Waals surface area contributed by atoms with Gasteiger partial charge in [0.05, 0.1) is 18.8 Å². The van der Waals surface area contributed by atoms with E-state index in [0.29, 0.717) is 12.1 Å². The number of nitrogens with zero attached hydrogens (tertiary/aromatic N) is 3. The van der Waals surface area contributed by atoms with Crippen molar-refractivity contribution in [2.24, 2.45) is 0 Å². The summed E-state index contributed by atoms with van der Waals surface area (Å²) in [6.45, 7) is 1.39. The van der Waals surface area contributed by atoms with Crippen LogP contribution in [-0.4, -0.2) is 54.2 Å². The van der Waals surface area contributed by atoms with E-state index in [2.05, 4.69) is 9.97 Å². The lowest BCUT2D eigenvalue weighted by Gasteiger charge is -2.20. The number of hydrogen-bond acceptors (Lipinski definition) is 5. The summed E-state index contributed by atoms with van der Waals surface area (Å²) in [5.74, 6) is -0.104. The van der Waals surface area contributed by atoms with Crippen molar-refractivity contribution in [1.82, 2.24) is 14.9 Å². The zero-order valence-corrected chi connectivity index (χ0v) is 10.6. The lowest BCUT2D eigenvalue weighted by molar-refractivity contribution is 0.0586. The molecular weight excluding hydrogens is 234 g/mol. The maximum atomic E-state index is 12.1. The Hall–Kier alpha value is -1.69. The quantitative estimate of drug-likeness (QED) is 0.789. The standard InChI is InChI=1S/C12H17N3O3/c1-15(8-10-4-3-5-18-10)11(16)9-6-13-12(17-2)14-7-9/h6-7,10H,3-5,8H2,1-2H3/t10-/m0/s1. The van der Waals surface area contributed by atoms with Crippen LogP contribution in [0.5, 0.6) is 6.01 Å². The first-order valence-corrected chi connectivity index (χ1v) is 5.94. The fraction of sp³-hybridized carbons (Fsp3) is 0.583. The summed E-state index contributed by atoms with van der Waals surface area (Å²) in [7, 11) is 3.24. The van der Waals surface area contributed by atoms with Crippen LogP contribution in [0.25, 0.3) is 0 Å². The highest BCUT2D eigenvalue weighted by molar-refractivity contribution is 5.93. The largest absolute Gasteiger partial charge is 0.467 e. The molecule has 0 N–H and O–H groups in total. The van der Waals surface area contributed by atoms with Crippen LogP contribution in [0.3, 0.4) is 0 Å². The molecule has 1 amide bonds. The summed E-state index contributed by atoms with van der Waals surface area (Å²) in [5.41, 5.74) is 0.455. The molecule has 1 saturated heterocycles. The Morgan fingerprint density at radius 2 is 2.28 bits per heavy atom. The molecule has 0 aliphatic carbocycles. The highest BCUT2D eigenvalue weighted by Crippen LogP contribution is 2.14. The molecule has 1 aromatic heterocycles. The Morgan fingerprint density at radius 3 is 2.83 bits per heavy atom. The van der Waals surface area contributed by atoms with Crippen LogP contribution in [0.1, 0.15) is 23.2 Å². The van der Waals surface area contributed by atoms with Crippen LogP contribution in [0.4, 0.5) is 0 Å². The van der Waals surface area contributed by atoms with Gasteiger partial charge in [0.1, 0.15) is 0 Å². The molecule has 18 heavy (non-hydrogen) atoms. The minimum Gasteiger partial charge on any atom is -0.467 e. The van der Waals surface area contributed by atoms with E-state index in [0.717, 1.165) is 19.4 Å². The Bertz CT molecular complexity index is 402. The fourth-order valence-corrected chi connectivity index (χ4v) is 1.93. The van der Waals surface area contributed by atoms with E-state index in [1.165, 1.54) is 19.5 Å². The fourth-order valence-electron chi connectivity index (χ4n) is 1.93. The SMILES string of the molecule is COc1ncc(C(=O)N(C)C[C@@H]2CCCO2)cn1. The molecule has 0 bridgehead atoms. The van der Waals surface area contributed by atoms with Gasteiger partial charge in [-0.25, -0.2) is 9.97 Å². The van der Waals surface area contributed by atoms with Crippen molar-refractivity contribution >= 4 is 5.91 Å². The summed E-state index contributed by atoms with van der Waals surface area (Å²) in [6, 6.07) is 0.258. The van der Waals surface area contributed by atoms with Crippen molar-refractivity contribution < 1.29 is 14.3 Å². The highest BCUT2D eigenvalue weighted by atomic mass is 16.5. The number of carbonyl (C=O) groups excluding carboxylic acids is 1. The third-order valence-corrected chi connectivity index (χ3v) is 2.91. The average Bonchev–Trinajstić information content (AvgIpc) is 2.91. The van der Waals surface area contributed by atoms with Gasteiger partial charge in [-0.3, -0.25) is 4.79 Å². The Labute approximate surface area is 106 Å². The third kappa shape index (κ3) is 2.95. The van der Waals surface area contributed by atoms with Crippen molar-refractivity contribution in [2.75, 3.05) is 27.3 Å². The van der Waals surface area contributed by atoms with Crippen LogP contribution in [0, 0.1) is 0 Å². The first kappa shape index (κ1) is 12.8. The normalized spacial score (nSPS) is 18.7. The molecule has 0 radical (unpaired) electrons. The Balaban J connectivity index is 1.95. The number of rotatable bonds is 4. The lowest BCUT2D eigenvalue weighted by atomic mass is 10.2. The molecule has 1 aliphatic rings. The Kier molecular flexibility index (Phi) is 4.09. The maximum absolute atomic E-state index is 12.1. The second-order valence-corrected chi connectivity index (χ2v) is 4.28. The monoisotopic (exact) mass is 251 g/mol. The molecule has 0 spiro atoms. The van der Waals surface area contributed by atoms with Crippen molar-refractivity contribution in [2.45, 2.75) is 18.9 Å². The van der Waals surface area contributed by atoms with Gasteiger partial charge >= 0.3 is 6.01 Å². The van der Waals surface area contributed by atoms with E-state index < -0.39 is 0 Å². The summed E-state index contributed by atoms with van der Waals surface area (Å²) in [6.07, 6.45) is 5.17. The van der Waals surface area contributed by atoms with E-state index in [4.69, 9.17) is 9.47 Å². The van der Waals surface area contributed by atoms with Crippen LogP contribution in [0.2, 0.25) is 0 Å². The first-order valence-electron chi connectivity index (χ1n) is 5.94. The predicted molar refractivity (Wildman–Crippen MR) is 64.5 cm³/mol. The van der Waals surface area contributed by atoms with Gasteiger partial charge in [-0.15, -0.1) is 0 Å². The van der Waals surface area contributed by atoms with Gasteiger partial charge in [-0.1, -0.05) is 0 Å². The van der Waals surface area contributed by atoms with Crippen LogP contribution in [0.15, 0.2) is 12.4 Å². The molecule has 2 rings (SSSR count). The van der Waals surface area contributed by atoms with E-state index in [9.17, 15) is 4.79 Å². The number of aromatic nitrogens is 2. The molecule has 1 aliphatic heterocycles. The highest BCUT2D eigenvalue weighted by Gasteiger charge is 2.21. The number of ether oxygens (including phenoxy) is 2. The van der Waals surface area contributed by atoms with E-state index in [-0.39, 0.29) is 18.0 Å². The zero-order valence-electron chi connectivity index (χ0n) is 10.6. The second-order valence-electron chi connectivity index (χ2n) is 4.28. The van der Waals surface area contributed by atoms with Crippen LogP contribution in [-0.2, 0) is 4.74 Å². The van der Waals surface area contributed by atoms with Gasteiger partial charge in [0, 0.05) is 32.6 Å². The molecular formula is C12H17N3O3. The summed E-state index contributed by atoms with van der Waals surface area (Å²) < 4.78 is 10.4. The van der Waals surface area contributed by atoms with Gasteiger partial charge < -0.3 is 14.4 Å². The molecule has 98 valence electrons. The van der Waals surface area contributed by atoms with E-state index >= 15 is 0 Å². The molecule has 2 heterocycles. The van der Waals surface area contributed by atoms with Crippen molar-refractivity contribution in [3.05, 3.63) is 18.0 Å². The smallest absolute Gasteiger partial charge is 0.316 e. The van der Waals surface area contributed by atoms with Crippen molar-refractivity contribution in [3.8, 4) is 6.01 Å². The lowest BCUT2D eigenvalue weighted by Crippen LogP contribution is -2.34. The molecule has 1 atom stereocenters. The number of likely N-dealkylation sites (N-methyl/N-ethyl adjacent to an activating group) is 1. The molecule has 0 saturated carbocycles. The van der Waals surface area contributed by atoms with Gasteiger partial charge in [0.25, 0.3) is 5.91 Å². The summed E-state index contributed by atoms with van der Waals surface area (Å²) in [4.78, 5) is 21.6. The Morgan fingerprint density at radius 1 is 1.56 bits per heavy atom. The number of amides is 1. The van der Waals surface area contributed by atoms with Crippen molar-refractivity contribution in [1.29, 1.82) is 0 Å². The molecule has 0 unspecified atom stereocenters. The van der Waals surface area contributed by atoms with Gasteiger partial charge in [0.2, 0.25) is 0 Å². The predicted octanol–water partition coefficient (Wildman–Crippen LogP) is 0.736. The second kappa shape index (κ2) is 5.77. The number of hydrogen-bond donors (Lipinski definition) is 0. The van der Waals surface area contributed by atoms with Gasteiger partial charge in [-0.05, 0) is 12.8 Å². The molecule has 6 nitrogen and oxygen atoms in total. The molecule has 0 aromatic carbocycles. The topological polar surface area (TPSA) is 64.5 Å². The van der Waals surface area contributed by atoms with Gasteiger partial charge in [-0.2, -0.15) is 0 Å². The third-order valence-electron chi connectivity index (χ3n) is 2.91. The number of carbonyl (C=O) groups is 1. The van der Waals surface area contributed by atoms with Crippen molar-refractivity contribution in [3.63, 3.8) is 0 Å². The minimum atomic E-state index is -0.104. The van der Waals surface area contributed by atoms with E-state index in [1.807, 2.05) is 0 Å². The first-order chi connectivity index (χ1) is 8.70. The summed E-state index contributed by atoms with van der Waals surface area (Å²) >= 11 is 0. The van der Waals surface area contributed by atoms with E-state index in [1.54, 1.807) is 11.9 Å². The van der Waals surface area contributed by atoms with Crippen LogP contribution < -0.4 is 4.74 Å². The molecule has 6 heteroatoms. The molecule has 1 aromatic rings. The maximum Gasteiger partial charge on any atom is 0.316 e. The summed E-state index contributed by atoms with van der Waals surface area (Å²) in [5, 5.41) is 0. The van der Waals surface area contributed by atoms with Crippen LogP contribution >= 0.6 is 0 Å². The zero-order chi connectivity index (χ0) is 13.0. The van der Waals surface area contributed by atoms with Gasteiger partial charge in [0.15, 0.2) is 0 Å². The average molecular weight is 251 g/mol.